The number of primary sulfonamides is 1. The van der Waals surface area contributed by atoms with Crippen LogP contribution in [0.15, 0.2) is 14.5 Å². The zero-order valence-corrected chi connectivity index (χ0v) is 17.2. The summed E-state index contributed by atoms with van der Waals surface area (Å²) in [5.74, 6) is 0. The van der Waals surface area contributed by atoms with Gasteiger partial charge in [-0.3, -0.25) is 4.18 Å². The molecule has 0 amide bonds. The van der Waals surface area contributed by atoms with Gasteiger partial charge >= 0.3 is 0 Å². The fourth-order valence-electron chi connectivity index (χ4n) is 2.48. The third kappa shape index (κ3) is 4.81. The van der Waals surface area contributed by atoms with E-state index in [-0.39, 0.29) is 33.6 Å². The monoisotopic (exact) mass is 449 g/mol. The van der Waals surface area contributed by atoms with E-state index in [0.717, 1.165) is 12.3 Å². The molecule has 2 rings (SSSR count). The zero-order chi connectivity index (χ0) is 19.8. The fourth-order valence-corrected chi connectivity index (χ4v) is 7.81. The Kier molecular flexibility index (Phi) is 6.50. The molecule has 1 aromatic heterocycles. The molecule has 0 aromatic carbocycles. The van der Waals surface area contributed by atoms with Crippen molar-refractivity contribution in [2.24, 2.45) is 5.14 Å². The van der Waals surface area contributed by atoms with Gasteiger partial charge in [0.1, 0.15) is 19.8 Å². The van der Waals surface area contributed by atoms with Crippen molar-refractivity contribution in [2.45, 2.75) is 26.2 Å². The lowest BCUT2D eigenvalue weighted by Gasteiger charge is -2.18. The average Bonchev–Trinajstić information content (AvgIpc) is 2.99. The van der Waals surface area contributed by atoms with E-state index in [1.54, 1.807) is 0 Å². The number of methoxy groups -OCH3 is 1. The van der Waals surface area contributed by atoms with Crippen LogP contribution in [0.2, 0.25) is 0 Å². The van der Waals surface area contributed by atoms with Crippen LogP contribution < -0.4 is 5.14 Å². The number of hydrogen-bond acceptors (Lipinski definition) is 10. The largest absolute Gasteiger partial charge is 0.382 e. The molecule has 150 valence electrons. The minimum Gasteiger partial charge on any atom is -0.382 e. The molecular weight excluding hydrogens is 430 g/mol. The van der Waals surface area contributed by atoms with Crippen LogP contribution in [-0.4, -0.2) is 63.7 Å². The molecule has 0 saturated heterocycles. The fraction of sp³-hybridized carbons (Fsp3) is 0.667. The highest BCUT2D eigenvalue weighted by molar-refractivity contribution is 7.96. The Morgan fingerprint density at radius 2 is 1.85 bits per heavy atom. The number of sulfonamides is 1. The molecule has 2 atom stereocenters. The molecule has 1 aliphatic rings. The van der Waals surface area contributed by atoms with Crippen LogP contribution in [0.4, 0.5) is 0 Å². The molecule has 0 radical (unpaired) electrons. The second-order valence-corrected chi connectivity index (χ2v) is 12.4. The maximum absolute atomic E-state index is 12.8. The highest BCUT2D eigenvalue weighted by atomic mass is 32.3. The number of fused-ring (bicyclic) bond motifs is 1. The number of nitrogens with two attached hydrogens (primary N) is 1. The predicted octanol–water partition coefficient (Wildman–Crippen LogP) is -0.378. The van der Waals surface area contributed by atoms with Crippen molar-refractivity contribution >= 4 is 41.3 Å². The van der Waals surface area contributed by atoms with Gasteiger partial charge < -0.3 is 9.47 Å². The molecule has 10 nitrogen and oxygen atoms in total. The third-order valence-corrected chi connectivity index (χ3v) is 9.44. The molecule has 2 heterocycles. The Morgan fingerprint density at radius 1 is 1.19 bits per heavy atom. The molecule has 0 bridgehead atoms. The smallest absolute Gasteiger partial charge is 0.265 e. The van der Waals surface area contributed by atoms with E-state index in [2.05, 4.69) is 0 Å². The number of sulfone groups is 1. The van der Waals surface area contributed by atoms with Crippen LogP contribution in [-0.2, 0) is 43.6 Å². The lowest BCUT2D eigenvalue weighted by Crippen LogP contribution is -2.27. The van der Waals surface area contributed by atoms with E-state index in [1.807, 2.05) is 0 Å². The van der Waals surface area contributed by atoms with Crippen molar-refractivity contribution in [1.29, 1.82) is 0 Å². The third-order valence-electron chi connectivity index (χ3n) is 3.54. The highest BCUT2D eigenvalue weighted by Gasteiger charge is 2.49. The van der Waals surface area contributed by atoms with Crippen molar-refractivity contribution in [1.82, 2.24) is 0 Å². The molecular formula is C12H19NO9S4. The van der Waals surface area contributed by atoms with Crippen LogP contribution in [0.5, 0.6) is 0 Å². The van der Waals surface area contributed by atoms with Gasteiger partial charge in [-0.1, -0.05) is 0 Å². The maximum Gasteiger partial charge on any atom is 0.265 e. The summed E-state index contributed by atoms with van der Waals surface area (Å²) < 4.78 is 86.1. The summed E-state index contributed by atoms with van der Waals surface area (Å²) in [6, 6.07) is 1.05. The van der Waals surface area contributed by atoms with E-state index >= 15 is 0 Å². The zero-order valence-electron chi connectivity index (χ0n) is 13.9. The normalized spacial score (nSPS) is 22.4. The maximum atomic E-state index is 12.8. The summed E-state index contributed by atoms with van der Waals surface area (Å²) in [6.45, 7) is 0.609. The second kappa shape index (κ2) is 7.79. The van der Waals surface area contributed by atoms with Crippen molar-refractivity contribution in [3.8, 4) is 0 Å². The van der Waals surface area contributed by atoms with Gasteiger partial charge in [-0.05, 0) is 12.5 Å². The molecule has 0 aliphatic carbocycles. The summed E-state index contributed by atoms with van der Waals surface area (Å²) >= 11 is 0.480. The highest BCUT2D eigenvalue weighted by Crippen LogP contribution is 2.48. The molecule has 1 aliphatic heterocycles. The van der Waals surface area contributed by atoms with Crippen molar-refractivity contribution in [3.63, 3.8) is 0 Å². The molecule has 0 saturated carbocycles. The summed E-state index contributed by atoms with van der Waals surface area (Å²) in [6.07, 6.45) is -0.600. The van der Waals surface area contributed by atoms with Gasteiger partial charge in [-0.15, -0.1) is 11.3 Å². The van der Waals surface area contributed by atoms with E-state index in [4.69, 9.17) is 18.8 Å². The van der Waals surface area contributed by atoms with Crippen LogP contribution in [0.25, 0.3) is 0 Å². The molecule has 2 unspecified atom stereocenters. The number of rotatable bonds is 9. The molecule has 0 fully saturated rings. The van der Waals surface area contributed by atoms with Crippen molar-refractivity contribution < 1.29 is 38.9 Å². The van der Waals surface area contributed by atoms with Crippen LogP contribution in [0, 0.1) is 0 Å². The summed E-state index contributed by atoms with van der Waals surface area (Å²) in [5, 5.41) is 3.82. The first-order valence-corrected chi connectivity index (χ1v) is 13.0. The Morgan fingerprint density at radius 3 is 2.38 bits per heavy atom. The lowest BCUT2D eigenvalue weighted by molar-refractivity contribution is 0.0649. The van der Waals surface area contributed by atoms with Crippen LogP contribution in [0.3, 0.4) is 0 Å². The first kappa shape index (κ1) is 21.7. The standard InChI is InChI=1S/C12H19NO9S4/c1-20-5-6-21-4-3-9-11(22-24(2,14)15)8-7-10(26(13,18)19)23-12(8)25(9,16)17/h7,9,11H,3-6H2,1-2H3,(H2,13,18,19). The van der Waals surface area contributed by atoms with Crippen LogP contribution in [0.1, 0.15) is 18.1 Å². The average molecular weight is 450 g/mol. The predicted molar refractivity (Wildman–Crippen MR) is 92.6 cm³/mol. The quantitative estimate of drug-likeness (QED) is 0.392. The van der Waals surface area contributed by atoms with Gasteiger partial charge in [-0.25, -0.2) is 22.0 Å². The van der Waals surface area contributed by atoms with Crippen LogP contribution >= 0.6 is 11.3 Å². The number of thiophene rings is 1. The molecule has 26 heavy (non-hydrogen) atoms. The van der Waals surface area contributed by atoms with Gasteiger partial charge in [0.2, 0.25) is 10.0 Å². The molecule has 1 aromatic rings. The Balaban J connectivity index is 2.36. The summed E-state index contributed by atoms with van der Waals surface area (Å²) in [5.41, 5.74) is -0.0219. The molecule has 0 spiro atoms. The minimum atomic E-state index is -4.13. The topological polar surface area (TPSA) is 156 Å². The van der Waals surface area contributed by atoms with Gasteiger partial charge in [0.15, 0.2) is 9.84 Å². The van der Waals surface area contributed by atoms with Crippen molar-refractivity contribution in [2.75, 3.05) is 33.2 Å². The van der Waals surface area contributed by atoms with Gasteiger partial charge in [0.25, 0.3) is 10.1 Å². The summed E-state index contributed by atoms with van der Waals surface area (Å²) in [7, 11) is -10.6. The molecule has 2 N–H and O–H groups in total. The first-order valence-electron chi connectivity index (χ1n) is 7.23. The second-order valence-electron chi connectivity index (χ2n) is 5.55. The number of hydrogen-bond donors (Lipinski definition) is 1. The Bertz CT molecular complexity index is 962. The van der Waals surface area contributed by atoms with E-state index in [1.165, 1.54) is 7.11 Å². The first-order chi connectivity index (χ1) is 11.9. The lowest BCUT2D eigenvalue weighted by atomic mass is 10.1. The minimum absolute atomic E-state index is 0.0219. The van der Waals surface area contributed by atoms with Gasteiger partial charge in [0, 0.05) is 19.3 Å². The Labute approximate surface area is 156 Å². The summed E-state index contributed by atoms with van der Waals surface area (Å²) in [4.78, 5) is 0. The Hall–Kier alpha value is -0.610. The van der Waals surface area contributed by atoms with E-state index < -0.39 is 41.3 Å². The van der Waals surface area contributed by atoms with Gasteiger partial charge in [0.05, 0.1) is 19.5 Å². The van der Waals surface area contributed by atoms with Crippen molar-refractivity contribution in [3.05, 3.63) is 11.6 Å². The molecule has 14 heteroatoms. The van der Waals surface area contributed by atoms with Gasteiger partial charge in [-0.2, -0.15) is 8.42 Å². The van der Waals surface area contributed by atoms with E-state index in [0.29, 0.717) is 17.9 Å². The SMILES string of the molecule is COCCOCCC1C(OS(C)(=O)=O)c2cc(S(N)(=O)=O)sc2S1(=O)=O. The van der Waals surface area contributed by atoms with E-state index in [9.17, 15) is 25.3 Å². The number of ether oxygens (including phenoxy) is 2.